The molecule has 1 saturated carbocycles. The van der Waals surface area contributed by atoms with Crippen LogP contribution in [0.3, 0.4) is 0 Å². The van der Waals surface area contributed by atoms with Crippen molar-refractivity contribution in [3.8, 4) is 0 Å². The molecule has 1 aliphatic heterocycles. The maximum atomic E-state index is 12.5. The highest BCUT2D eigenvalue weighted by Crippen LogP contribution is 2.35. The number of nitrogens with zero attached hydrogens (tertiary/aromatic N) is 1. The van der Waals surface area contributed by atoms with Crippen molar-refractivity contribution in [2.75, 3.05) is 26.7 Å². The summed E-state index contributed by atoms with van der Waals surface area (Å²) in [5, 5.41) is 3.42. The summed E-state index contributed by atoms with van der Waals surface area (Å²) >= 11 is 0. The standard InChI is InChI=1S/C14H26N2O/c1-14(2,12-5-4-8-15-9-12)13(17)16(3)10-11-6-7-11/h11-12,15H,4-10H2,1-3H3. The molecule has 0 spiro atoms. The van der Waals surface area contributed by atoms with Crippen LogP contribution < -0.4 is 5.32 Å². The Kier molecular flexibility index (Phi) is 3.76. The second-order valence-corrected chi connectivity index (χ2v) is 6.39. The Morgan fingerprint density at radius 2 is 2.06 bits per heavy atom. The highest BCUT2D eigenvalue weighted by Gasteiger charge is 2.39. The van der Waals surface area contributed by atoms with Gasteiger partial charge >= 0.3 is 0 Å². The first-order chi connectivity index (χ1) is 8.01. The Bertz CT molecular complexity index is 278. The van der Waals surface area contributed by atoms with Gasteiger partial charge in [-0.15, -0.1) is 0 Å². The maximum absolute atomic E-state index is 12.5. The van der Waals surface area contributed by atoms with E-state index in [9.17, 15) is 4.79 Å². The van der Waals surface area contributed by atoms with E-state index in [0.717, 1.165) is 25.6 Å². The third kappa shape index (κ3) is 3.01. The van der Waals surface area contributed by atoms with Crippen molar-refractivity contribution in [1.29, 1.82) is 0 Å². The molecule has 0 aromatic heterocycles. The topological polar surface area (TPSA) is 32.3 Å². The molecule has 3 nitrogen and oxygen atoms in total. The summed E-state index contributed by atoms with van der Waals surface area (Å²) in [7, 11) is 1.97. The number of amides is 1. The molecule has 2 aliphatic rings. The molecule has 17 heavy (non-hydrogen) atoms. The van der Waals surface area contributed by atoms with Crippen molar-refractivity contribution in [1.82, 2.24) is 10.2 Å². The van der Waals surface area contributed by atoms with Crippen LogP contribution >= 0.6 is 0 Å². The van der Waals surface area contributed by atoms with Crippen LogP contribution in [0.4, 0.5) is 0 Å². The summed E-state index contributed by atoms with van der Waals surface area (Å²) < 4.78 is 0. The Balaban J connectivity index is 1.94. The third-order valence-corrected chi connectivity index (χ3v) is 4.44. The number of hydrogen-bond donors (Lipinski definition) is 1. The van der Waals surface area contributed by atoms with Crippen molar-refractivity contribution in [3.05, 3.63) is 0 Å². The molecular weight excluding hydrogens is 212 g/mol. The summed E-state index contributed by atoms with van der Waals surface area (Å²) in [5.74, 6) is 1.60. The zero-order valence-electron chi connectivity index (χ0n) is 11.5. The summed E-state index contributed by atoms with van der Waals surface area (Å²) in [6, 6.07) is 0. The van der Waals surface area contributed by atoms with Crippen LogP contribution in [0.2, 0.25) is 0 Å². The predicted molar refractivity (Wildman–Crippen MR) is 69.7 cm³/mol. The summed E-state index contributed by atoms with van der Waals surface area (Å²) in [6.45, 7) is 7.31. The van der Waals surface area contributed by atoms with Crippen LogP contribution in [0.1, 0.15) is 39.5 Å². The normalized spacial score (nSPS) is 25.7. The maximum Gasteiger partial charge on any atom is 0.228 e. The Morgan fingerprint density at radius 3 is 2.59 bits per heavy atom. The van der Waals surface area contributed by atoms with Crippen molar-refractivity contribution in [2.24, 2.45) is 17.3 Å². The lowest BCUT2D eigenvalue weighted by Crippen LogP contribution is -2.48. The third-order valence-electron chi connectivity index (χ3n) is 4.44. The van der Waals surface area contributed by atoms with Gasteiger partial charge in [-0.05, 0) is 50.6 Å². The highest BCUT2D eigenvalue weighted by molar-refractivity contribution is 5.82. The number of nitrogens with one attached hydrogen (secondary N) is 1. The monoisotopic (exact) mass is 238 g/mol. The molecule has 0 bridgehead atoms. The van der Waals surface area contributed by atoms with Crippen molar-refractivity contribution < 1.29 is 4.79 Å². The second-order valence-electron chi connectivity index (χ2n) is 6.39. The minimum absolute atomic E-state index is 0.211. The second kappa shape index (κ2) is 4.97. The molecule has 98 valence electrons. The number of carbonyl (C=O) groups excluding carboxylic acids is 1. The van der Waals surface area contributed by atoms with Crippen LogP contribution in [0, 0.1) is 17.3 Å². The fraction of sp³-hybridized carbons (Fsp3) is 0.929. The summed E-state index contributed by atoms with van der Waals surface area (Å²) in [6.07, 6.45) is 5.00. The fourth-order valence-corrected chi connectivity index (χ4v) is 2.90. The number of piperidine rings is 1. The number of hydrogen-bond acceptors (Lipinski definition) is 2. The molecule has 1 aliphatic carbocycles. The van der Waals surface area contributed by atoms with E-state index in [2.05, 4.69) is 19.2 Å². The van der Waals surface area contributed by atoms with Gasteiger partial charge < -0.3 is 10.2 Å². The van der Waals surface area contributed by atoms with Crippen LogP contribution in [0.5, 0.6) is 0 Å². The van der Waals surface area contributed by atoms with E-state index in [4.69, 9.17) is 0 Å². The molecule has 1 amide bonds. The lowest BCUT2D eigenvalue weighted by molar-refractivity contribution is -0.142. The average Bonchev–Trinajstić information content (AvgIpc) is 3.13. The number of carbonyl (C=O) groups is 1. The zero-order valence-corrected chi connectivity index (χ0v) is 11.5. The van der Waals surface area contributed by atoms with Crippen molar-refractivity contribution in [3.63, 3.8) is 0 Å². The summed E-state index contributed by atoms with van der Waals surface area (Å²) in [4.78, 5) is 14.5. The van der Waals surface area contributed by atoms with Gasteiger partial charge in [0.15, 0.2) is 0 Å². The Hall–Kier alpha value is -0.570. The molecule has 1 unspecified atom stereocenters. The molecule has 0 aromatic carbocycles. The van der Waals surface area contributed by atoms with E-state index >= 15 is 0 Å². The molecule has 2 fully saturated rings. The van der Waals surface area contributed by atoms with Gasteiger partial charge in [0.05, 0.1) is 0 Å². The van der Waals surface area contributed by atoms with E-state index in [-0.39, 0.29) is 5.41 Å². The van der Waals surface area contributed by atoms with Gasteiger partial charge in [0.25, 0.3) is 0 Å². The van der Waals surface area contributed by atoms with Gasteiger partial charge in [0, 0.05) is 19.0 Å². The molecule has 0 aromatic rings. The van der Waals surface area contributed by atoms with Crippen LogP contribution in [-0.2, 0) is 4.79 Å². The highest BCUT2D eigenvalue weighted by atomic mass is 16.2. The average molecular weight is 238 g/mol. The van der Waals surface area contributed by atoms with E-state index < -0.39 is 0 Å². The van der Waals surface area contributed by atoms with Crippen molar-refractivity contribution in [2.45, 2.75) is 39.5 Å². The van der Waals surface area contributed by atoms with Gasteiger partial charge in [-0.3, -0.25) is 4.79 Å². The van der Waals surface area contributed by atoms with Crippen molar-refractivity contribution >= 4 is 5.91 Å². The van der Waals surface area contributed by atoms with E-state index in [1.54, 1.807) is 0 Å². The quantitative estimate of drug-likeness (QED) is 0.811. The zero-order chi connectivity index (χ0) is 12.5. The Morgan fingerprint density at radius 1 is 1.35 bits per heavy atom. The van der Waals surface area contributed by atoms with Crippen LogP contribution in [0.15, 0.2) is 0 Å². The first-order valence-electron chi connectivity index (χ1n) is 6.98. The number of rotatable bonds is 4. The molecule has 1 saturated heterocycles. The largest absolute Gasteiger partial charge is 0.345 e. The minimum atomic E-state index is -0.211. The van der Waals surface area contributed by atoms with Gasteiger partial charge in [0.2, 0.25) is 5.91 Å². The van der Waals surface area contributed by atoms with Crippen LogP contribution in [0.25, 0.3) is 0 Å². The molecule has 1 heterocycles. The van der Waals surface area contributed by atoms with Crippen LogP contribution in [-0.4, -0.2) is 37.5 Å². The van der Waals surface area contributed by atoms with Gasteiger partial charge in [-0.25, -0.2) is 0 Å². The fourth-order valence-electron chi connectivity index (χ4n) is 2.90. The van der Waals surface area contributed by atoms with E-state index in [1.165, 1.54) is 25.7 Å². The predicted octanol–water partition coefficient (Wildman–Crippen LogP) is 1.88. The molecular formula is C14H26N2O. The first kappa shape index (κ1) is 12.9. The van der Waals surface area contributed by atoms with Gasteiger partial charge in [0.1, 0.15) is 0 Å². The molecule has 1 atom stereocenters. The molecule has 1 N–H and O–H groups in total. The molecule has 2 rings (SSSR count). The minimum Gasteiger partial charge on any atom is -0.345 e. The SMILES string of the molecule is CN(CC1CC1)C(=O)C(C)(C)C1CCCNC1. The van der Waals surface area contributed by atoms with Gasteiger partial charge in [-0.2, -0.15) is 0 Å². The lowest BCUT2D eigenvalue weighted by atomic mass is 9.74. The van der Waals surface area contributed by atoms with Gasteiger partial charge in [-0.1, -0.05) is 13.8 Å². The Labute approximate surface area is 105 Å². The van der Waals surface area contributed by atoms with E-state index in [1.807, 2.05) is 11.9 Å². The molecule has 3 heteroatoms. The molecule has 0 radical (unpaired) electrons. The lowest BCUT2D eigenvalue weighted by Gasteiger charge is -2.38. The smallest absolute Gasteiger partial charge is 0.228 e. The first-order valence-corrected chi connectivity index (χ1v) is 6.98. The van der Waals surface area contributed by atoms with E-state index in [0.29, 0.717) is 11.8 Å². The summed E-state index contributed by atoms with van der Waals surface area (Å²) in [5.41, 5.74) is -0.211.